The molecule has 12 heteroatoms. The second-order valence-corrected chi connectivity index (χ2v) is 8.73. The van der Waals surface area contributed by atoms with Gasteiger partial charge in [-0.15, -0.1) is 0 Å². The Balaban J connectivity index is 2.01. The summed E-state index contributed by atoms with van der Waals surface area (Å²) in [6.45, 7) is 2.52. The van der Waals surface area contributed by atoms with Gasteiger partial charge in [0.2, 0.25) is 5.88 Å². The summed E-state index contributed by atoms with van der Waals surface area (Å²) in [6.07, 6.45) is -3.14. The van der Waals surface area contributed by atoms with E-state index in [1.54, 1.807) is 0 Å². The number of carboxylic acids is 1. The number of aliphatic hydroxyl groups is 1. The Kier molecular flexibility index (Phi) is 7.21. The summed E-state index contributed by atoms with van der Waals surface area (Å²) in [6, 6.07) is 5.92. The minimum atomic E-state index is -5.11. The lowest BCUT2D eigenvalue weighted by Gasteiger charge is -2.37. The molecule has 0 amide bonds. The number of ether oxygens (including phenoxy) is 1. The number of aromatic nitrogens is 2. The summed E-state index contributed by atoms with van der Waals surface area (Å²) >= 11 is 12.3. The van der Waals surface area contributed by atoms with Crippen LogP contribution in [0.15, 0.2) is 47.5 Å². The number of alkyl halides is 3. The number of nitrogens with zero attached hydrogens (tertiary/aromatic N) is 2. The van der Waals surface area contributed by atoms with E-state index in [9.17, 15) is 27.9 Å². The van der Waals surface area contributed by atoms with Crippen LogP contribution in [0.25, 0.3) is 0 Å². The van der Waals surface area contributed by atoms with E-state index in [2.05, 4.69) is 4.98 Å². The molecule has 7 nitrogen and oxygen atoms in total. The van der Waals surface area contributed by atoms with Crippen molar-refractivity contribution in [3.63, 3.8) is 0 Å². The van der Waals surface area contributed by atoms with Crippen LogP contribution in [-0.4, -0.2) is 31.9 Å². The zero-order chi connectivity index (χ0) is 26.3. The summed E-state index contributed by atoms with van der Waals surface area (Å²) in [5.74, 6) is -2.89. The summed E-state index contributed by atoms with van der Waals surface area (Å²) < 4.78 is 49.2. The fourth-order valence-electron chi connectivity index (χ4n) is 3.62. The number of aromatic carboxylic acids is 1. The Hall–Kier alpha value is -3.08. The highest BCUT2D eigenvalue weighted by atomic mass is 35.5. The topological polar surface area (TPSA) is 102 Å². The van der Waals surface area contributed by atoms with E-state index in [0.29, 0.717) is 0 Å². The molecular weight excluding hydrogens is 512 g/mol. The van der Waals surface area contributed by atoms with Crippen molar-refractivity contribution < 1.29 is 32.9 Å². The number of halogens is 5. The van der Waals surface area contributed by atoms with Crippen LogP contribution in [0, 0.1) is 6.92 Å². The molecule has 0 spiro atoms. The van der Waals surface area contributed by atoms with Gasteiger partial charge in [0.05, 0.1) is 5.56 Å². The molecule has 0 fully saturated rings. The van der Waals surface area contributed by atoms with Crippen molar-refractivity contribution >= 4 is 29.2 Å². The highest BCUT2D eigenvalue weighted by Crippen LogP contribution is 2.50. The van der Waals surface area contributed by atoms with Gasteiger partial charge in [0.1, 0.15) is 10.8 Å². The van der Waals surface area contributed by atoms with Crippen LogP contribution < -0.4 is 10.3 Å². The van der Waals surface area contributed by atoms with E-state index in [4.69, 9.17) is 33.0 Å². The summed E-state index contributed by atoms with van der Waals surface area (Å²) in [7, 11) is 1.29. The number of benzene rings is 1. The van der Waals surface area contributed by atoms with Crippen molar-refractivity contribution in [2.75, 3.05) is 0 Å². The molecule has 2 heterocycles. The van der Waals surface area contributed by atoms with E-state index < -0.39 is 34.8 Å². The Morgan fingerprint density at radius 1 is 1.17 bits per heavy atom. The Morgan fingerprint density at radius 3 is 2.34 bits per heavy atom. The van der Waals surface area contributed by atoms with Crippen LogP contribution >= 0.6 is 23.2 Å². The zero-order valence-corrected chi connectivity index (χ0v) is 20.0. The van der Waals surface area contributed by atoms with Crippen LogP contribution in [0.4, 0.5) is 13.2 Å². The normalized spacial score (nSPS) is 14.3. The Morgan fingerprint density at radius 2 is 1.83 bits per heavy atom. The quantitative estimate of drug-likeness (QED) is 0.440. The molecular formula is C23H19Cl2F3N2O5. The first-order valence-electron chi connectivity index (χ1n) is 9.99. The minimum Gasteiger partial charge on any atom is -0.478 e. The van der Waals surface area contributed by atoms with Gasteiger partial charge in [-0.25, -0.2) is 9.78 Å². The molecule has 2 aromatic heterocycles. The molecule has 0 bridgehead atoms. The first-order valence-corrected chi connectivity index (χ1v) is 10.8. The van der Waals surface area contributed by atoms with Crippen LogP contribution in [0.5, 0.6) is 11.6 Å². The van der Waals surface area contributed by atoms with Gasteiger partial charge in [-0.05, 0) is 36.8 Å². The number of hydrogen-bond acceptors (Lipinski definition) is 5. The fourth-order valence-corrected chi connectivity index (χ4v) is 4.16. The van der Waals surface area contributed by atoms with Crippen molar-refractivity contribution in [2.24, 2.45) is 7.05 Å². The molecule has 35 heavy (non-hydrogen) atoms. The van der Waals surface area contributed by atoms with Gasteiger partial charge in [0.15, 0.2) is 5.60 Å². The molecule has 0 saturated heterocycles. The average Bonchev–Trinajstić information content (AvgIpc) is 2.76. The van der Waals surface area contributed by atoms with E-state index in [-0.39, 0.29) is 38.4 Å². The van der Waals surface area contributed by atoms with Gasteiger partial charge in [0.25, 0.3) is 5.56 Å². The largest absolute Gasteiger partial charge is 0.478 e. The standard InChI is InChI=1S/C23H19Cl2F3N2O5/c1-11-6-14(10-30(3)20(11)31)22(34,23(26,27)28)12(2)16-5-4-15(8-17(16)24)35-19-18(25)7-13(9-29-19)21(32)33/h4-10,12,34H,1-3H3,(H,32,33). The molecule has 2 atom stereocenters. The highest BCUT2D eigenvalue weighted by molar-refractivity contribution is 6.32. The first-order chi connectivity index (χ1) is 16.2. The average molecular weight is 531 g/mol. The molecule has 0 aliphatic carbocycles. The highest BCUT2D eigenvalue weighted by Gasteiger charge is 2.59. The van der Waals surface area contributed by atoms with Gasteiger partial charge in [0, 0.05) is 41.5 Å². The van der Waals surface area contributed by atoms with Crippen LogP contribution in [-0.2, 0) is 12.6 Å². The van der Waals surface area contributed by atoms with Gasteiger partial charge >= 0.3 is 12.1 Å². The van der Waals surface area contributed by atoms with Gasteiger partial charge in [-0.3, -0.25) is 4.79 Å². The number of hydrogen-bond donors (Lipinski definition) is 2. The maximum Gasteiger partial charge on any atom is 0.422 e. The van der Waals surface area contributed by atoms with E-state index >= 15 is 0 Å². The third kappa shape index (κ3) is 5.00. The Bertz CT molecular complexity index is 1330. The third-order valence-electron chi connectivity index (χ3n) is 5.57. The van der Waals surface area contributed by atoms with Gasteiger partial charge in [-0.1, -0.05) is 36.2 Å². The van der Waals surface area contributed by atoms with E-state index in [0.717, 1.165) is 29.1 Å². The van der Waals surface area contributed by atoms with Gasteiger partial charge < -0.3 is 19.5 Å². The maximum atomic E-state index is 14.3. The monoisotopic (exact) mass is 530 g/mol. The second kappa shape index (κ2) is 9.52. The third-order valence-corrected chi connectivity index (χ3v) is 6.17. The lowest BCUT2D eigenvalue weighted by atomic mass is 9.78. The van der Waals surface area contributed by atoms with E-state index in [1.165, 1.54) is 39.1 Å². The molecule has 2 N–H and O–H groups in total. The molecule has 0 aliphatic heterocycles. The molecule has 0 saturated carbocycles. The van der Waals surface area contributed by atoms with E-state index in [1.807, 2.05) is 0 Å². The number of rotatable bonds is 6. The fraction of sp³-hybridized carbons (Fsp3) is 0.261. The molecule has 186 valence electrons. The van der Waals surface area contributed by atoms with Crippen molar-refractivity contribution in [3.8, 4) is 11.6 Å². The molecule has 0 aliphatic rings. The number of carbonyl (C=O) groups is 1. The van der Waals surface area contributed by atoms with Crippen LogP contribution in [0.3, 0.4) is 0 Å². The molecule has 3 rings (SSSR count). The second-order valence-electron chi connectivity index (χ2n) is 7.92. The molecule has 3 aromatic rings. The van der Waals surface area contributed by atoms with Crippen LogP contribution in [0.1, 0.15) is 39.9 Å². The van der Waals surface area contributed by atoms with Crippen molar-refractivity contribution in [1.29, 1.82) is 0 Å². The van der Waals surface area contributed by atoms with Crippen molar-refractivity contribution in [1.82, 2.24) is 9.55 Å². The first kappa shape index (κ1) is 26.5. The summed E-state index contributed by atoms with van der Waals surface area (Å²) in [5.41, 5.74) is -4.53. The lowest BCUT2D eigenvalue weighted by Crippen LogP contribution is -2.47. The SMILES string of the molecule is Cc1cc(C(O)(C(C)c2ccc(Oc3ncc(C(=O)O)cc3Cl)cc2Cl)C(F)(F)F)cn(C)c1=O. The molecule has 2 unspecified atom stereocenters. The maximum absolute atomic E-state index is 14.3. The zero-order valence-electron chi connectivity index (χ0n) is 18.5. The van der Waals surface area contributed by atoms with Crippen LogP contribution in [0.2, 0.25) is 10.0 Å². The molecule has 0 radical (unpaired) electrons. The number of carboxylic acid groups (broad SMARTS) is 1. The number of aryl methyl sites for hydroxylation is 2. The predicted molar refractivity (Wildman–Crippen MR) is 123 cm³/mol. The lowest BCUT2D eigenvalue weighted by molar-refractivity contribution is -0.274. The molecule has 1 aromatic carbocycles. The van der Waals surface area contributed by atoms with Crippen molar-refractivity contribution in [3.05, 3.63) is 85.4 Å². The summed E-state index contributed by atoms with van der Waals surface area (Å²) in [5, 5.41) is 19.8. The minimum absolute atomic E-state index is 0.0352. The van der Waals surface area contributed by atoms with Crippen molar-refractivity contribution in [2.45, 2.75) is 31.5 Å². The van der Waals surface area contributed by atoms with Gasteiger partial charge in [-0.2, -0.15) is 13.2 Å². The summed E-state index contributed by atoms with van der Waals surface area (Å²) in [4.78, 5) is 26.8. The Labute approximate surface area is 207 Å². The number of pyridine rings is 2. The predicted octanol–water partition coefficient (Wildman–Crippen LogP) is 5.44. The smallest absolute Gasteiger partial charge is 0.422 e.